The van der Waals surface area contributed by atoms with Crippen molar-refractivity contribution in [3.63, 3.8) is 0 Å². The zero-order chi connectivity index (χ0) is 13.1. The zero-order valence-corrected chi connectivity index (χ0v) is 11.0. The van der Waals surface area contributed by atoms with E-state index in [1.54, 1.807) is 13.2 Å². The van der Waals surface area contributed by atoms with E-state index in [1.807, 2.05) is 12.1 Å². The molecule has 17 heavy (non-hydrogen) atoms. The highest BCUT2D eigenvalue weighted by Gasteiger charge is 2.22. The number of ether oxygens (including phenoxy) is 1. The van der Waals surface area contributed by atoms with Gasteiger partial charge in [0.05, 0.1) is 12.7 Å². The number of methoxy groups -OCH3 is 1. The fourth-order valence-electron chi connectivity index (χ4n) is 1.83. The molecule has 3 heteroatoms. The molecule has 0 unspecified atom stereocenters. The molecule has 0 saturated heterocycles. The van der Waals surface area contributed by atoms with Crippen molar-refractivity contribution >= 4 is 5.78 Å². The van der Waals surface area contributed by atoms with E-state index < -0.39 is 0 Å². The average Bonchev–Trinajstić information content (AvgIpc) is 2.27. The molecule has 94 valence electrons. The lowest BCUT2D eigenvalue weighted by molar-refractivity contribution is 0.0982. The highest BCUT2D eigenvalue weighted by Crippen LogP contribution is 2.34. The van der Waals surface area contributed by atoms with Gasteiger partial charge in [0.15, 0.2) is 5.78 Å². The summed E-state index contributed by atoms with van der Waals surface area (Å²) in [5.74, 6) is 0.717. The maximum absolute atomic E-state index is 11.9. The molecule has 0 saturated carbocycles. The van der Waals surface area contributed by atoms with E-state index in [0.29, 0.717) is 24.3 Å². The molecule has 1 aromatic carbocycles. The number of carbonyl (C=O) groups is 1. The minimum atomic E-state index is -0.0512. The fourth-order valence-corrected chi connectivity index (χ4v) is 1.83. The molecule has 0 aromatic heterocycles. The minimum absolute atomic E-state index is 0.0375. The second kappa shape index (κ2) is 5.32. The van der Waals surface area contributed by atoms with Crippen molar-refractivity contribution < 1.29 is 9.53 Å². The van der Waals surface area contributed by atoms with Gasteiger partial charge in [0.2, 0.25) is 0 Å². The van der Waals surface area contributed by atoms with E-state index in [0.717, 1.165) is 5.56 Å². The number of nitrogens with two attached hydrogens (primary N) is 1. The van der Waals surface area contributed by atoms with E-state index in [2.05, 4.69) is 20.8 Å². The first-order chi connectivity index (χ1) is 7.91. The first kappa shape index (κ1) is 13.7. The monoisotopic (exact) mass is 235 g/mol. The van der Waals surface area contributed by atoms with Crippen LogP contribution in [0.15, 0.2) is 18.2 Å². The molecule has 0 aliphatic carbocycles. The number of hydrogen-bond acceptors (Lipinski definition) is 3. The van der Waals surface area contributed by atoms with Crippen molar-refractivity contribution in [3.8, 4) is 5.75 Å². The summed E-state index contributed by atoms with van der Waals surface area (Å²) in [4.78, 5) is 11.9. The molecular weight excluding hydrogens is 214 g/mol. The molecule has 0 spiro atoms. The summed E-state index contributed by atoms with van der Waals surface area (Å²) < 4.78 is 5.41. The van der Waals surface area contributed by atoms with Gasteiger partial charge in [-0.3, -0.25) is 4.79 Å². The van der Waals surface area contributed by atoms with Crippen LogP contribution in [0.4, 0.5) is 0 Å². The highest BCUT2D eigenvalue weighted by atomic mass is 16.5. The van der Waals surface area contributed by atoms with Crippen LogP contribution >= 0.6 is 0 Å². The van der Waals surface area contributed by atoms with Crippen LogP contribution < -0.4 is 10.5 Å². The minimum Gasteiger partial charge on any atom is -0.496 e. The third kappa shape index (κ3) is 3.07. The summed E-state index contributed by atoms with van der Waals surface area (Å²) in [6.45, 7) is 6.66. The summed E-state index contributed by atoms with van der Waals surface area (Å²) in [6.07, 6.45) is 0.351. The molecule has 0 aliphatic heterocycles. The van der Waals surface area contributed by atoms with Gasteiger partial charge < -0.3 is 10.5 Å². The third-order valence-corrected chi connectivity index (χ3v) is 2.70. The number of ketones is 1. The Morgan fingerprint density at radius 3 is 2.47 bits per heavy atom. The van der Waals surface area contributed by atoms with Crippen LogP contribution in [0.5, 0.6) is 5.75 Å². The van der Waals surface area contributed by atoms with Crippen LogP contribution in [0.3, 0.4) is 0 Å². The van der Waals surface area contributed by atoms with Crippen molar-refractivity contribution in [2.24, 2.45) is 5.73 Å². The van der Waals surface area contributed by atoms with Gasteiger partial charge in [-0.15, -0.1) is 0 Å². The molecule has 0 fully saturated rings. The van der Waals surface area contributed by atoms with Crippen LogP contribution in [0.1, 0.15) is 43.1 Å². The SMILES string of the molecule is COc1c(C(=O)CCN)cccc1C(C)(C)C. The van der Waals surface area contributed by atoms with E-state index in [4.69, 9.17) is 10.5 Å². The Morgan fingerprint density at radius 2 is 2.00 bits per heavy atom. The van der Waals surface area contributed by atoms with Gasteiger partial charge in [0.1, 0.15) is 5.75 Å². The Kier molecular flexibility index (Phi) is 4.29. The van der Waals surface area contributed by atoms with Gasteiger partial charge in [-0.05, 0) is 18.0 Å². The highest BCUT2D eigenvalue weighted by molar-refractivity contribution is 5.99. The molecule has 0 bridgehead atoms. The second-order valence-corrected chi connectivity index (χ2v) is 5.10. The average molecular weight is 235 g/mol. The lowest BCUT2D eigenvalue weighted by atomic mass is 9.84. The van der Waals surface area contributed by atoms with E-state index in [-0.39, 0.29) is 11.2 Å². The smallest absolute Gasteiger partial charge is 0.167 e. The summed E-state index contributed by atoms with van der Waals surface area (Å²) in [7, 11) is 1.60. The summed E-state index contributed by atoms with van der Waals surface area (Å²) in [5, 5.41) is 0. The molecule has 1 aromatic rings. The lowest BCUT2D eigenvalue weighted by Gasteiger charge is -2.23. The maximum atomic E-state index is 11.9. The van der Waals surface area contributed by atoms with Gasteiger partial charge >= 0.3 is 0 Å². The van der Waals surface area contributed by atoms with Gasteiger partial charge in [0.25, 0.3) is 0 Å². The Hall–Kier alpha value is -1.35. The van der Waals surface area contributed by atoms with Gasteiger partial charge in [-0.1, -0.05) is 32.9 Å². The Bertz CT molecular complexity index is 405. The van der Waals surface area contributed by atoms with Crippen molar-refractivity contribution in [2.75, 3.05) is 13.7 Å². The second-order valence-electron chi connectivity index (χ2n) is 5.10. The van der Waals surface area contributed by atoms with Gasteiger partial charge in [-0.25, -0.2) is 0 Å². The molecule has 0 amide bonds. The first-order valence-electron chi connectivity index (χ1n) is 5.82. The predicted octanol–water partition coefficient (Wildman–Crippen LogP) is 2.52. The Balaban J connectivity index is 3.29. The molecule has 3 nitrogen and oxygen atoms in total. The Morgan fingerprint density at radius 1 is 1.35 bits per heavy atom. The summed E-state index contributed by atoms with van der Waals surface area (Å²) in [5.41, 5.74) is 7.04. The Labute approximate surface area is 103 Å². The quantitative estimate of drug-likeness (QED) is 0.816. The van der Waals surface area contributed by atoms with E-state index in [9.17, 15) is 4.79 Å². The molecule has 1 rings (SSSR count). The van der Waals surface area contributed by atoms with Gasteiger partial charge in [-0.2, -0.15) is 0 Å². The molecule has 0 heterocycles. The van der Waals surface area contributed by atoms with Crippen LogP contribution in [0.25, 0.3) is 0 Å². The third-order valence-electron chi connectivity index (χ3n) is 2.70. The van der Waals surface area contributed by atoms with Crippen molar-refractivity contribution in [3.05, 3.63) is 29.3 Å². The van der Waals surface area contributed by atoms with Crippen LogP contribution in [0.2, 0.25) is 0 Å². The zero-order valence-electron chi connectivity index (χ0n) is 11.0. The lowest BCUT2D eigenvalue weighted by Crippen LogP contribution is -2.16. The molecular formula is C14H21NO2. The first-order valence-corrected chi connectivity index (χ1v) is 5.82. The molecule has 2 N–H and O–H groups in total. The number of hydrogen-bond donors (Lipinski definition) is 1. The largest absolute Gasteiger partial charge is 0.496 e. The topological polar surface area (TPSA) is 52.3 Å². The number of benzene rings is 1. The molecule has 0 atom stereocenters. The molecule has 0 aliphatic rings. The van der Waals surface area contributed by atoms with Crippen LogP contribution in [-0.2, 0) is 5.41 Å². The standard InChI is InChI=1S/C14H21NO2/c1-14(2,3)11-7-5-6-10(13(11)17-4)12(16)8-9-15/h5-7H,8-9,15H2,1-4H3. The van der Waals surface area contributed by atoms with Crippen LogP contribution in [0, 0.1) is 0 Å². The van der Waals surface area contributed by atoms with Gasteiger partial charge in [0, 0.05) is 12.0 Å². The van der Waals surface area contributed by atoms with Crippen molar-refractivity contribution in [1.29, 1.82) is 0 Å². The van der Waals surface area contributed by atoms with Crippen molar-refractivity contribution in [1.82, 2.24) is 0 Å². The molecule has 0 radical (unpaired) electrons. The van der Waals surface area contributed by atoms with Crippen LogP contribution in [-0.4, -0.2) is 19.4 Å². The summed E-state index contributed by atoms with van der Waals surface area (Å²) in [6, 6.07) is 5.69. The number of para-hydroxylation sites is 1. The predicted molar refractivity (Wildman–Crippen MR) is 69.7 cm³/mol. The van der Waals surface area contributed by atoms with Crippen molar-refractivity contribution in [2.45, 2.75) is 32.6 Å². The number of rotatable bonds is 4. The van der Waals surface area contributed by atoms with E-state index in [1.165, 1.54) is 0 Å². The summed E-state index contributed by atoms with van der Waals surface area (Å²) >= 11 is 0. The maximum Gasteiger partial charge on any atom is 0.167 e. The number of Topliss-reactive ketones (excluding diaryl/α,β-unsaturated/α-hetero) is 1. The fraction of sp³-hybridized carbons (Fsp3) is 0.500. The normalized spacial score (nSPS) is 11.4. The van der Waals surface area contributed by atoms with E-state index >= 15 is 0 Å². The number of carbonyl (C=O) groups excluding carboxylic acids is 1.